The number of nitrogens with zero attached hydrogens (tertiary/aromatic N) is 3. The monoisotopic (exact) mass is 453 g/mol. The first kappa shape index (κ1) is 24.4. The molecule has 0 bridgehead atoms. The molecule has 0 atom stereocenters. The number of carbonyl (C=O) groups excluding carboxylic acids is 1. The summed E-state index contributed by atoms with van der Waals surface area (Å²) in [6.07, 6.45) is 1.60. The number of likely N-dealkylation sites (tertiary alicyclic amines) is 1. The van der Waals surface area contributed by atoms with Crippen LogP contribution < -0.4 is 21.9 Å². The van der Waals surface area contributed by atoms with Crippen LogP contribution in [0.15, 0.2) is 9.59 Å². The van der Waals surface area contributed by atoms with Gasteiger partial charge in [-0.25, -0.2) is 4.79 Å². The molecule has 2 aliphatic heterocycles. The van der Waals surface area contributed by atoms with E-state index < -0.39 is 11.2 Å². The van der Waals surface area contributed by atoms with E-state index in [0.717, 1.165) is 25.9 Å². The van der Waals surface area contributed by atoms with Crippen LogP contribution in [0.25, 0.3) is 0 Å². The van der Waals surface area contributed by atoms with Gasteiger partial charge in [-0.1, -0.05) is 13.8 Å². The van der Waals surface area contributed by atoms with Gasteiger partial charge in [0.05, 0.1) is 26.4 Å². The zero-order valence-corrected chi connectivity index (χ0v) is 19.2. The minimum atomic E-state index is -0.675. The fraction of sp³-hybridized carbons (Fsp3) is 0.762. The summed E-state index contributed by atoms with van der Waals surface area (Å²) in [6, 6.07) is 0. The van der Waals surface area contributed by atoms with Gasteiger partial charge in [0.25, 0.3) is 5.56 Å². The molecule has 0 unspecified atom stereocenters. The molecule has 32 heavy (non-hydrogen) atoms. The third kappa shape index (κ3) is 5.77. The number of nitrogen functional groups attached to an aromatic ring is 1. The quantitative estimate of drug-likeness (QED) is 0.527. The van der Waals surface area contributed by atoms with Crippen LogP contribution in [0.3, 0.4) is 0 Å². The lowest BCUT2D eigenvalue weighted by molar-refractivity contribution is -0.121. The number of aromatic amines is 1. The number of piperidine rings is 1. The molecule has 2 fully saturated rings. The first-order chi connectivity index (χ1) is 15.3. The molecular weight excluding hydrogens is 418 g/mol. The summed E-state index contributed by atoms with van der Waals surface area (Å²) in [4.78, 5) is 43.9. The Balaban J connectivity index is 1.75. The Morgan fingerprint density at radius 3 is 2.50 bits per heavy atom. The van der Waals surface area contributed by atoms with E-state index in [1.54, 1.807) is 0 Å². The van der Waals surface area contributed by atoms with Crippen LogP contribution in [0.1, 0.15) is 26.7 Å². The largest absolute Gasteiger partial charge is 0.383 e. The molecule has 1 aromatic rings. The van der Waals surface area contributed by atoms with E-state index in [4.69, 9.17) is 19.9 Å². The minimum absolute atomic E-state index is 0.00468. The van der Waals surface area contributed by atoms with E-state index in [-0.39, 0.29) is 49.3 Å². The third-order valence-electron chi connectivity index (χ3n) is 5.88. The summed E-state index contributed by atoms with van der Waals surface area (Å²) in [7, 11) is 1.52. The van der Waals surface area contributed by atoms with Gasteiger partial charge in [-0.3, -0.25) is 24.0 Å². The van der Waals surface area contributed by atoms with E-state index in [2.05, 4.69) is 9.88 Å². The highest BCUT2D eigenvalue weighted by atomic mass is 16.7. The zero-order valence-electron chi connectivity index (χ0n) is 19.2. The van der Waals surface area contributed by atoms with Crippen LogP contribution in [0, 0.1) is 11.8 Å². The number of nitrogens with two attached hydrogens (primary N) is 1. The summed E-state index contributed by atoms with van der Waals surface area (Å²) in [5.41, 5.74) is 4.97. The van der Waals surface area contributed by atoms with Crippen molar-refractivity contribution in [1.82, 2.24) is 14.5 Å². The number of aromatic nitrogens is 2. The van der Waals surface area contributed by atoms with Crippen molar-refractivity contribution in [2.45, 2.75) is 39.5 Å². The van der Waals surface area contributed by atoms with Gasteiger partial charge >= 0.3 is 5.69 Å². The first-order valence-corrected chi connectivity index (χ1v) is 11.2. The number of ether oxygens (including phenoxy) is 3. The van der Waals surface area contributed by atoms with Gasteiger partial charge in [0, 0.05) is 26.1 Å². The molecule has 2 aliphatic rings. The average molecular weight is 454 g/mol. The molecule has 1 aromatic heterocycles. The zero-order chi connectivity index (χ0) is 23.3. The smallest absolute Gasteiger partial charge is 0.330 e. The highest BCUT2D eigenvalue weighted by Gasteiger charge is 2.32. The van der Waals surface area contributed by atoms with Crippen LogP contribution >= 0.6 is 0 Å². The lowest BCUT2D eigenvalue weighted by atomic mass is 9.96. The van der Waals surface area contributed by atoms with Crippen molar-refractivity contribution >= 4 is 17.4 Å². The van der Waals surface area contributed by atoms with Crippen molar-refractivity contribution in [2.24, 2.45) is 11.8 Å². The van der Waals surface area contributed by atoms with Crippen molar-refractivity contribution in [2.75, 3.05) is 63.7 Å². The molecule has 0 saturated carbocycles. The molecule has 180 valence electrons. The number of H-pyrrole nitrogens is 1. The molecule has 0 aromatic carbocycles. The Labute approximate surface area is 187 Å². The molecule has 0 radical (unpaired) electrons. The molecular formula is C21H35N5O6. The van der Waals surface area contributed by atoms with Gasteiger partial charge in [-0.05, 0) is 31.8 Å². The van der Waals surface area contributed by atoms with E-state index >= 15 is 0 Å². The number of hydrogen-bond donors (Lipinski definition) is 2. The highest BCUT2D eigenvalue weighted by molar-refractivity contribution is 5.96. The number of amides is 1. The van der Waals surface area contributed by atoms with Gasteiger partial charge in [0.1, 0.15) is 5.82 Å². The van der Waals surface area contributed by atoms with Crippen molar-refractivity contribution in [3.8, 4) is 0 Å². The molecule has 11 heteroatoms. The van der Waals surface area contributed by atoms with E-state index in [0.29, 0.717) is 25.7 Å². The molecule has 0 aliphatic carbocycles. The average Bonchev–Trinajstić information content (AvgIpc) is 3.28. The number of methoxy groups -OCH3 is 1. The summed E-state index contributed by atoms with van der Waals surface area (Å²) >= 11 is 0. The number of anilines is 2. The Hall–Kier alpha value is -2.21. The van der Waals surface area contributed by atoms with Crippen LogP contribution in [0.4, 0.5) is 11.5 Å². The van der Waals surface area contributed by atoms with Crippen molar-refractivity contribution < 1.29 is 19.0 Å². The number of hydrogen-bond acceptors (Lipinski definition) is 8. The maximum Gasteiger partial charge on any atom is 0.330 e. The van der Waals surface area contributed by atoms with Gasteiger partial charge in [-0.15, -0.1) is 0 Å². The lowest BCUT2D eigenvalue weighted by Gasteiger charge is -2.34. The fourth-order valence-corrected chi connectivity index (χ4v) is 4.24. The van der Waals surface area contributed by atoms with Crippen molar-refractivity contribution in [3.05, 3.63) is 20.8 Å². The Morgan fingerprint density at radius 2 is 1.91 bits per heavy atom. The van der Waals surface area contributed by atoms with E-state index in [1.807, 2.05) is 13.8 Å². The first-order valence-electron chi connectivity index (χ1n) is 11.2. The maximum absolute atomic E-state index is 13.3. The SMILES string of the molecule is COCCN(C(=O)CN1CCC(C2OCCO2)CC1)c1c(N)n(CC(C)C)c(=O)[nH]c1=O. The predicted octanol–water partition coefficient (Wildman–Crippen LogP) is -0.161. The van der Waals surface area contributed by atoms with Crippen LogP contribution in [-0.2, 0) is 25.5 Å². The van der Waals surface area contributed by atoms with E-state index in [1.165, 1.54) is 16.6 Å². The van der Waals surface area contributed by atoms with E-state index in [9.17, 15) is 14.4 Å². The molecule has 3 N–H and O–H groups in total. The normalized spacial score (nSPS) is 18.5. The predicted molar refractivity (Wildman–Crippen MR) is 120 cm³/mol. The molecule has 1 amide bonds. The van der Waals surface area contributed by atoms with Crippen LogP contribution in [0.5, 0.6) is 0 Å². The standard InChI is InChI=1S/C21H35N5O6/c1-14(2)12-26-18(22)17(19(28)23-21(26)29)25(8-9-30-3)16(27)13-24-6-4-15(5-7-24)20-31-10-11-32-20/h14-15,20H,4-13,22H2,1-3H3,(H,23,28,29). The van der Waals surface area contributed by atoms with Gasteiger partial charge < -0.3 is 24.8 Å². The third-order valence-corrected chi connectivity index (χ3v) is 5.88. The second-order valence-electron chi connectivity index (χ2n) is 8.76. The summed E-state index contributed by atoms with van der Waals surface area (Å²) in [5.74, 6) is 0.185. The summed E-state index contributed by atoms with van der Waals surface area (Å²) in [5, 5.41) is 0. The van der Waals surface area contributed by atoms with Crippen molar-refractivity contribution in [3.63, 3.8) is 0 Å². The summed E-state index contributed by atoms with van der Waals surface area (Å²) in [6.45, 7) is 7.47. The summed E-state index contributed by atoms with van der Waals surface area (Å²) < 4.78 is 17.7. The fourth-order valence-electron chi connectivity index (χ4n) is 4.24. The number of rotatable bonds is 9. The van der Waals surface area contributed by atoms with Gasteiger partial charge in [0.15, 0.2) is 12.0 Å². The number of nitrogens with one attached hydrogen (secondary N) is 1. The highest BCUT2D eigenvalue weighted by Crippen LogP contribution is 2.26. The van der Waals surface area contributed by atoms with Gasteiger partial charge in [-0.2, -0.15) is 0 Å². The Bertz CT molecular complexity index is 884. The lowest BCUT2D eigenvalue weighted by Crippen LogP contribution is -2.48. The second kappa shape index (κ2) is 11.1. The van der Waals surface area contributed by atoms with Gasteiger partial charge in [0.2, 0.25) is 5.91 Å². The topological polar surface area (TPSA) is 132 Å². The second-order valence-corrected chi connectivity index (χ2v) is 8.76. The van der Waals surface area contributed by atoms with Crippen LogP contribution in [-0.4, -0.2) is 79.8 Å². The molecule has 0 spiro atoms. The molecule has 2 saturated heterocycles. The van der Waals surface area contributed by atoms with Crippen LogP contribution in [0.2, 0.25) is 0 Å². The molecule has 11 nitrogen and oxygen atoms in total. The Morgan fingerprint density at radius 1 is 1.25 bits per heavy atom. The maximum atomic E-state index is 13.3. The molecule has 3 heterocycles. The van der Waals surface area contributed by atoms with Crippen molar-refractivity contribution in [1.29, 1.82) is 0 Å². The molecule has 3 rings (SSSR count). The number of carbonyl (C=O) groups is 1. The Kier molecular flexibility index (Phi) is 8.46. The minimum Gasteiger partial charge on any atom is -0.383 e.